The maximum absolute atomic E-state index is 5.99. The van der Waals surface area contributed by atoms with Crippen molar-refractivity contribution >= 4 is 21.6 Å². The number of halogens is 1. The number of benzene rings is 1. The number of piperidine rings is 1. The van der Waals surface area contributed by atoms with Crippen LogP contribution in [0.25, 0.3) is 0 Å². The molecule has 2 fully saturated rings. The van der Waals surface area contributed by atoms with Crippen LogP contribution in [-0.4, -0.2) is 41.5 Å². The molecule has 2 N–H and O–H groups in total. The van der Waals surface area contributed by atoms with Crippen LogP contribution in [0.4, 0.5) is 5.69 Å². The molecule has 2 aliphatic rings. The van der Waals surface area contributed by atoms with Gasteiger partial charge in [-0.05, 0) is 59.9 Å². The second kappa shape index (κ2) is 6.04. The van der Waals surface area contributed by atoms with Gasteiger partial charge in [0.25, 0.3) is 0 Å². The summed E-state index contributed by atoms with van der Waals surface area (Å²) in [6.07, 6.45) is 4.15. The van der Waals surface area contributed by atoms with Crippen LogP contribution < -0.4 is 5.73 Å². The summed E-state index contributed by atoms with van der Waals surface area (Å²) in [6.45, 7) is 7.10. The van der Waals surface area contributed by atoms with Gasteiger partial charge in [-0.3, -0.25) is 9.80 Å². The average Bonchev–Trinajstić information content (AvgIpc) is 2.44. The first-order chi connectivity index (χ1) is 9.63. The molecule has 2 atom stereocenters. The molecule has 0 radical (unpaired) electrons. The minimum absolute atomic E-state index is 0.634. The molecule has 3 nitrogen and oxygen atoms in total. The van der Waals surface area contributed by atoms with Gasteiger partial charge >= 0.3 is 0 Å². The standard InChI is InChI=1S/C16H24BrN3/c1-12-9-19-7-3-2-4-14(19)11-20(12)10-13-5-6-15(17)16(18)8-13/h5-6,8,12,14H,2-4,7,9-11,18H2,1H3. The van der Waals surface area contributed by atoms with Gasteiger partial charge in [0, 0.05) is 41.9 Å². The molecule has 1 aromatic carbocycles. The fraction of sp³-hybridized carbons (Fsp3) is 0.625. The first-order valence-electron chi connectivity index (χ1n) is 7.65. The normalized spacial score (nSPS) is 28.3. The van der Waals surface area contributed by atoms with Gasteiger partial charge < -0.3 is 5.73 Å². The number of hydrogen-bond donors (Lipinski definition) is 1. The molecule has 2 saturated heterocycles. The van der Waals surface area contributed by atoms with Gasteiger partial charge in [0.1, 0.15) is 0 Å². The van der Waals surface area contributed by atoms with Crippen molar-refractivity contribution in [3.63, 3.8) is 0 Å². The highest BCUT2D eigenvalue weighted by Gasteiger charge is 2.32. The summed E-state index contributed by atoms with van der Waals surface area (Å²) >= 11 is 3.47. The monoisotopic (exact) mass is 337 g/mol. The zero-order valence-electron chi connectivity index (χ0n) is 12.2. The smallest absolute Gasteiger partial charge is 0.0461 e. The molecule has 0 spiro atoms. The number of anilines is 1. The van der Waals surface area contributed by atoms with Crippen LogP contribution in [0.1, 0.15) is 31.7 Å². The van der Waals surface area contributed by atoms with Gasteiger partial charge in [0.05, 0.1) is 0 Å². The fourth-order valence-electron chi connectivity index (χ4n) is 3.56. The first kappa shape index (κ1) is 14.4. The Morgan fingerprint density at radius 2 is 2.15 bits per heavy atom. The maximum Gasteiger partial charge on any atom is 0.0461 e. The third-order valence-corrected chi connectivity index (χ3v) is 5.48. The summed E-state index contributed by atoms with van der Waals surface area (Å²) in [5, 5.41) is 0. The van der Waals surface area contributed by atoms with E-state index in [2.05, 4.69) is 50.9 Å². The Balaban J connectivity index is 1.68. The first-order valence-corrected chi connectivity index (χ1v) is 8.45. The zero-order valence-corrected chi connectivity index (χ0v) is 13.8. The molecular formula is C16H24BrN3. The van der Waals surface area contributed by atoms with Gasteiger partial charge in [-0.15, -0.1) is 0 Å². The minimum atomic E-state index is 0.634. The van der Waals surface area contributed by atoms with Crippen LogP contribution >= 0.6 is 15.9 Å². The van der Waals surface area contributed by atoms with E-state index in [4.69, 9.17) is 5.73 Å². The van der Waals surface area contributed by atoms with Gasteiger partial charge in [0.2, 0.25) is 0 Å². The number of hydrogen-bond acceptors (Lipinski definition) is 3. The van der Waals surface area contributed by atoms with Crippen molar-refractivity contribution < 1.29 is 0 Å². The lowest BCUT2D eigenvalue weighted by atomic mass is 9.96. The van der Waals surface area contributed by atoms with E-state index in [9.17, 15) is 0 Å². The molecule has 0 aromatic heterocycles. The van der Waals surface area contributed by atoms with E-state index in [-0.39, 0.29) is 0 Å². The zero-order chi connectivity index (χ0) is 14.1. The lowest BCUT2D eigenvalue weighted by Crippen LogP contribution is -2.58. The highest BCUT2D eigenvalue weighted by molar-refractivity contribution is 9.10. The third-order valence-electron chi connectivity index (χ3n) is 4.76. The Kier molecular flexibility index (Phi) is 4.34. The van der Waals surface area contributed by atoms with E-state index >= 15 is 0 Å². The summed E-state index contributed by atoms with van der Waals surface area (Å²) in [6, 6.07) is 7.75. The SMILES string of the molecule is CC1CN2CCCCC2CN1Cc1ccc(Br)c(N)c1. The van der Waals surface area contributed by atoms with Crippen LogP contribution in [-0.2, 0) is 6.54 Å². The van der Waals surface area contributed by atoms with Crippen LogP contribution in [0.2, 0.25) is 0 Å². The molecule has 0 bridgehead atoms. The predicted molar refractivity (Wildman–Crippen MR) is 87.6 cm³/mol. The Hall–Kier alpha value is -0.580. The van der Waals surface area contributed by atoms with Crippen molar-refractivity contribution in [1.29, 1.82) is 0 Å². The van der Waals surface area contributed by atoms with Gasteiger partial charge in [-0.25, -0.2) is 0 Å². The summed E-state index contributed by atoms with van der Waals surface area (Å²) in [4.78, 5) is 5.32. The average molecular weight is 338 g/mol. The van der Waals surface area contributed by atoms with E-state index in [0.717, 1.165) is 22.7 Å². The van der Waals surface area contributed by atoms with Gasteiger partial charge in [-0.1, -0.05) is 12.5 Å². The summed E-state index contributed by atoms with van der Waals surface area (Å²) in [5.41, 5.74) is 8.15. The highest BCUT2D eigenvalue weighted by Crippen LogP contribution is 2.26. The quantitative estimate of drug-likeness (QED) is 0.841. The fourth-order valence-corrected chi connectivity index (χ4v) is 3.81. The molecule has 110 valence electrons. The predicted octanol–water partition coefficient (Wildman–Crippen LogP) is 3.09. The minimum Gasteiger partial charge on any atom is -0.398 e. The lowest BCUT2D eigenvalue weighted by molar-refractivity contribution is 0.0111. The van der Waals surface area contributed by atoms with Crippen LogP contribution in [0.3, 0.4) is 0 Å². The van der Waals surface area contributed by atoms with E-state index < -0.39 is 0 Å². The van der Waals surface area contributed by atoms with Crippen molar-refractivity contribution in [2.75, 3.05) is 25.4 Å². The number of rotatable bonds is 2. The van der Waals surface area contributed by atoms with Crippen LogP contribution in [0.5, 0.6) is 0 Å². The van der Waals surface area contributed by atoms with Gasteiger partial charge in [-0.2, -0.15) is 0 Å². The molecule has 2 unspecified atom stereocenters. The number of piperazine rings is 1. The van der Waals surface area contributed by atoms with E-state index in [1.807, 2.05) is 0 Å². The van der Waals surface area contributed by atoms with Crippen LogP contribution in [0, 0.1) is 0 Å². The molecule has 2 heterocycles. The molecule has 3 rings (SSSR count). The molecule has 2 aliphatic heterocycles. The Morgan fingerprint density at radius 3 is 2.95 bits per heavy atom. The molecule has 20 heavy (non-hydrogen) atoms. The third kappa shape index (κ3) is 3.02. The molecule has 0 amide bonds. The number of nitrogens with zero attached hydrogens (tertiary/aromatic N) is 2. The summed E-state index contributed by atoms with van der Waals surface area (Å²) in [5.74, 6) is 0. The number of nitrogens with two attached hydrogens (primary N) is 1. The highest BCUT2D eigenvalue weighted by atomic mass is 79.9. The number of nitrogen functional groups attached to an aromatic ring is 1. The molecule has 1 aromatic rings. The van der Waals surface area contributed by atoms with Crippen molar-refractivity contribution in [3.05, 3.63) is 28.2 Å². The second-order valence-corrected chi connectivity index (χ2v) is 7.13. The Morgan fingerprint density at radius 1 is 1.30 bits per heavy atom. The van der Waals surface area contributed by atoms with E-state index in [1.165, 1.54) is 44.5 Å². The number of fused-ring (bicyclic) bond motifs is 1. The lowest BCUT2D eigenvalue weighted by Gasteiger charge is -2.47. The summed E-state index contributed by atoms with van der Waals surface area (Å²) in [7, 11) is 0. The van der Waals surface area contributed by atoms with Gasteiger partial charge in [0.15, 0.2) is 0 Å². The molecule has 4 heteroatoms. The molecule has 0 aliphatic carbocycles. The summed E-state index contributed by atoms with van der Waals surface area (Å²) < 4.78 is 0.992. The second-order valence-electron chi connectivity index (χ2n) is 6.28. The molecular weight excluding hydrogens is 314 g/mol. The van der Waals surface area contributed by atoms with E-state index in [0.29, 0.717) is 6.04 Å². The largest absolute Gasteiger partial charge is 0.398 e. The van der Waals surface area contributed by atoms with Crippen molar-refractivity contribution in [2.45, 2.75) is 44.8 Å². The molecule has 0 saturated carbocycles. The topological polar surface area (TPSA) is 32.5 Å². The Labute approximate surface area is 130 Å². The van der Waals surface area contributed by atoms with Crippen molar-refractivity contribution in [1.82, 2.24) is 9.80 Å². The van der Waals surface area contributed by atoms with Crippen molar-refractivity contribution in [3.8, 4) is 0 Å². The van der Waals surface area contributed by atoms with Crippen molar-refractivity contribution in [2.24, 2.45) is 0 Å². The van der Waals surface area contributed by atoms with E-state index in [1.54, 1.807) is 0 Å². The maximum atomic E-state index is 5.99. The van der Waals surface area contributed by atoms with Crippen LogP contribution in [0.15, 0.2) is 22.7 Å². The Bertz CT molecular complexity index is 477.